The molecule has 0 aromatic rings. The van der Waals surface area contributed by atoms with Crippen LogP contribution in [0, 0.1) is 0 Å². The van der Waals surface area contributed by atoms with E-state index in [-0.39, 0.29) is 23.5 Å². The van der Waals surface area contributed by atoms with Crippen LogP contribution >= 0.6 is 0 Å². The van der Waals surface area contributed by atoms with Crippen LogP contribution in [0.5, 0.6) is 0 Å². The van der Waals surface area contributed by atoms with E-state index in [9.17, 15) is 22.8 Å². The van der Waals surface area contributed by atoms with Gasteiger partial charge >= 0.3 is 5.97 Å². The van der Waals surface area contributed by atoms with Gasteiger partial charge in [-0.25, -0.2) is 0 Å². The van der Waals surface area contributed by atoms with Crippen LogP contribution in [-0.4, -0.2) is 153 Å². The van der Waals surface area contributed by atoms with Gasteiger partial charge in [0.2, 0.25) is 11.8 Å². The third-order valence-corrected chi connectivity index (χ3v) is 19.5. The third kappa shape index (κ3) is 63.7. The molecule has 544 valence electrons. The number of unbranched alkanes of at least 4 members (excludes halogenated alkanes) is 41. The Morgan fingerprint density at radius 3 is 0.967 bits per heavy atom. The monoisotopic (exact) mass is 1320 g/mol. The summed E-state index contributed by atoms with van der Waals surface area (Å²) in [5.41, 5.74) is 0. The van der Waals surface area contributed by atoms with Gasteiger partial charge in [-0.15, -0.1) is 0 Å². The minimum Gasteiger partial charge on any atom is -0.466 e. The van der Waals surface area contributed by atoms with Crippen molar-refractivity contribution in [2.24, 2.45) is 0 Å². The summed E-state index contributed by atoms with van der Waals surface area (Å²) in [6.45, 7) is 24.3. The molecule has 0 atom stereocenters. The van der Waals surface area contributed by atoms with Gasteiger partial charge in [-0.3, -0.25) is 28.7 Å². The fraction of sp³-hybridized carbons (Fsp3) is 0.911. The van der Waals surface area contributed by atoms with Crippen molar-refractivity contribution in [3.63, 3.8) is 0 Å². The van der Waals surface area contributed by atoms with Crippen molar-refractivity contribution >= 4 is 27.9 Å². The van der Waals surface area contributed by atoms with Gasteiger partial charge < -0.3 is 19.4 Å². The Balaban J connectivity index is 0.00000372. The molecule has 92 heavy (non-hydrogen) atoms. The molecule has 0 unspecified atom stereocenters. The molecule has 12 nitrogen and oxygen atoms in total. The molecule has 1 heterocycles. The van der Waals surface area contributed by atoms with Gasteiger partial charge in [-0.2, -0.15) is 8.42 Å². The van der Waals surface area contributed by atoms with Crippen LogP contribution in [0.3, 0.4) is 0 Å². The Hall–Kier alpha value is -2.32. The second kappa shape index (κ2) is 70.0. The average molecular weight is 1320 g/mol. The molecule has 1 aliphatic rings. The number of piperazine rings is 1. The molecule has 0 bridgehead atoms. The molecule has 1 aliphatic heterocycles. The van der Waals surface area contributed by atoms with Gasteiger partial charge in [-0.1, -0.05) is 303 Å². The Labute approximate surface area is 572 Å². The lowest BCUT2D eigenvalue weighted by atomic mass is 10.1. The van der Waals surface area contributed by atoms with Crippen LogP contribution in [-0.2, 0) is 29.2 Å². The van der Waals surface area contributed by atoms with E-state index in [2.05, 4.69) is 80.5 Å². The summed E-state index contributed by atoms with van der Waals surface area (Å²) in [5.74, 6) is 0.223. The summed E-state index contributed by atoms with van der Waals surface area (Å²) >= 11 is 0. The predicted molar refractivity (Wildman–Crippen MR) is 398 cm³/mol. The van der Waals surface area contributed by atoms with E-state index in [1.165, 1.54) is 283 Å². The number of hydrogen-bond donors (Lipinski definition) is 1. The number of carbonyl (C=O) groups excluding carboxylic acids is 3. The lowest BCUT2D eigenvalue weighted by Crippen LogP contribution is -2.54. The van der Waals surface area contributed by atoms with Crippen LogP contribution in [0.2, 0.25) is 0 Å². The van der Waals surface area contributed by atoms with Crippen molar-refractivity contribution in [2.45, 2.75) is 369 Å². The number of hydrogen-bond acceptors (Lipinski definition) is 9. The maximum Gasteiger partial charge on any atom is 0.305 e. The second-order valence-corrected chi connectivity index (χ2v) is 29.2. The molecule has 0 radical (unpaired) electrons. The first-order chi connectivity index (χ1) is 44.9. The summed E-state index contributed by atoms with van der Waals surface area (Å²) in [4.78, 5) is 52.1. The standard InChI is InChI=1S/C64H125N5O4.C15H30O3S/c1-6-11-16-21-26-27-28-29-30-35-40-44-50-66(52-46-59-73-64(72)47-41-36-31-22-17-12-7-2)60-62(70)68-55-57-69(58-56-68)63(71)61-67(51-45-39-34-25-20-15-10-5)54-53-65(48-42-37-32-23-18-13-8-3)49-43-38-33-24-19-14-9-4;1-2-3-4-5-6-7-8-9-10-11-12-13-14-15-19(16,17)18/h21,26H,6-20,22-25,27-61H2,1-5H3;5-6H,2-4,7-15H2,1H3,(H,16,17,18)/b26-21-;6-5-. The van der Waals surface area contributed by atoms with Gasteiger partial charge in [0.1, 0.15) is 0 Å². The maximum absolute atomic E-state index is 14.1. The molecule has 0 aliphatic carbocycles. The van der Waals surface area contributed by atoms with Crippen LogP contribution in [0.25, 0.3) is 0 Å². The number of rotatable bonds is 68. The molecule has 0 spiro atoms. The lowest BCUT2D eigenvalue weighted by molar-refractivity contribution is -0.144. The molecule has 2 amide bonds. The van der Waals surface area contributed by atoms with Gasteiger partial charge in [0.15, 0.2) is 0 Å². The van der Waals surface area contributed by atoms with Crippen LogP contribution in [0.4, 0.5) is 0 Å². The topological polar surface area (TPSA) is 131 Å². The lowest BCUT2D eigenvalue weighted by Gasteiger charge is -2.37. The molecule has 1 fully saturated rings. The zero-order valence-electron chi connectivity index (χ0n) is 62.0. The van der Waals surface area contributed by atoms with E-state index in [1.807, 2.05) is 9.80 Å². The summed E-state index contributed by atoms with van der Waals surface area (Å²) < 4.78 is 35.2. The van der Waals surface area contributed by atoms with E-state index >= 15 is 0 Å². The highest BCUT2D eigenvalue weighted by Gasteiger charge is 2.27. The van der Waals surface area contributed by atoms with E-state index in [4.69, 9.17) is 9.29 Å². The van der Waals surface area contributed by atoms with E-state index in [0.717, 1.165) is 77.7 Å². The molecule has 1 saturated heterocycles. The second-order valence-electron chi connectivity index (χ2n) is 27.7. The normalized spacial score (nSPS) is 13.0. The molecule has 13 heteroatoms. The Morgan fingerprint density at radius 1 is 0.337 bits per heavy atom. The highest BCUT2D eigenvalue weighted by molar-refractivity contribution is 7.85. The first-order valence-electron chi connectivity index (χ1n) is 40.1. The number of nitrogens with zero attached hydrogens (tertiary/aromatic N) is 5. The largest absolute Gasteiger partial charge is 0.466 e. The Kier molecular flexibility index (Phi) is 68.2. The smallest absolute Gasteiger partial charge is 0.305 e. The number of allylic oxidation sites excluding steroid dienone is 4. The maximum atomic E-state index is 14.1. The third-order valence-electron chi connectivity index (χ3n) is 18.7. The zero-order chi connectivity index (χ0) is 67.3. The SMILES string of the molecule is CCCC/C=C\CCCCCCCCCS(=O)(=O)O.CCCC/C=C\CCCCCCCCN(CCCOC(=O)CCCCCCCCC)CC(=O)N1CCN(C(=O)CN(CCCCCCCCC)CCN(CCCCCCCCC)CCCCCCCCC)CC1. The Morgan fingerprint density at radius 2 is 0.609 bits per heavy atom. The average Bonchev–Trinajstić information content (AvgIpc) is 1.34. The molecule has 0 aromatic carbocycles. The fourth-order valence-corrected chi connectivity index (χ4v) is 13.0. The first-order valence-corrected chi connectivity index (χ1v) is 41.7. The minimum absolute atomic E-state index is 0.0828. The zero-order valence-corrected chi connectivity index (χ0v) is 62.8. The van der Waals surface area contributed by atoms with Crippen molar-refractivity contribution in [3.05, 3.63) is 24.3 Å². The highest BCUT2D eigenvalue weighted by Crippen LogP contribution is 2.17. The predicted octanol–water partition coefficient (Wildman–Crippen LogP) is 21.1. The molecule has 0 aromatic heterocycles. The fourth-order valence-electron chi connectivity index (χ4n) is 12.4. The summed E-state index contributed by atoms with van der Waals surface area (Å²) in [6, 6.07) is 0. The van der Waals surface area contributed by atoms with Crippen molar-refractivity contribution in [3.8, 4) is 0 Å². The summed E-state index contributed by atoms with van der Waals surface area (Å²) in [5, 5.41) is 0. The quantitative estimate of drug-likeness (QED) is 0.0272. The molecule has 1 rings (SSSR count). The highest BCUT2D eigenvalue weighted by atomic mass is 32.2. The van der Waals surface area contributed by atoms with Crippen molar-refractivity contribution < 1.29 is 32.1 Å². The summed E-state index contributed by atoms with van der Waals surface area (Å²) in [7, 11) is -3.75. The van der Waals surface area contributed by atoms with Crippen molar-refractivity contribution in [1.29, 1.82) is 0 Å². The summed E-state index contributed by atoms with van der Waals surface area (Å²) in [6.07, 6.45) is 71.4. The number of carbonyl (C=O) groups is 3. The van der Waals surface area contributed by atoms with Gasteiger partial charge in [-0.05, 0) is 110 Å². The van der Waals surface area contributed by atoms with Crippen LogP contribution in [0.1, 0.15) is 369 Å². The molecular weight excluding hydrogens is 1160 g/mol. The van der Waals surface area contributed by atoms with Crippen LogP contribution < -0.4 is 0 Å². The van der Waals surface area contributed by atoms with E-state index in [0.29, 0.717) is 58.7 Å². The van der Waals surface area contributed by atoms with Gasteiger partial charge in [0.25, 0.3) is 10.1 Å². The van der Waals surface area contributed by atoms with Crippen LogP contribution in [0.15, 0.2) is 24.3 Å². The van der Waals surface area contributed by atoms with E-state index in [1.54, 1.807) is 0 Å². The van der Waals surface area contributed by atoms with Gasteiger partial charge in [0.05, 0.1) is 25.4 Å². The number of ether oxygens (including phenoxy) is 1. The molecule has 0 saturated carbocycles. The first kappa shape index (κ1) is 89.7. The van der Waals surface area contributed by atoms with Crippen molar-refractivity contribution in [1.82, 2.24) is 24.5 Å². The molecule has 1 N–H and O–H groups in total. The molecular formula is C79H155N5O7S. The number of amides is 2. The van der Waals surface area contributed by atoms with Crippen molar-refractivity contribution in [2.75, 3.05) is 97.4 Å². The number of esters is 1. The van der Waals surface area contributed by atoms with E-state index < -0.39 is 10.1 Å². The minimum atomic E-state index is -3.75. The Bertz CT molecular complexity index is 1740. The van der Waals surface area contributed by atoms with Gasteiger partial charge in [0, 0.05) is 52.2 Å².